The number of nitrogens with zero attached hydrogens (tertiary/aromatic N) is 2. The van der Waals surface area contributed by atoms with Crippen LogP contribution in [0.15, 0.2) is 48.5 Å². The maximum absolute atomic E-state index is 10.4. The molecule has 23 heavy (non-hydrogen) atoms. The van der Waals surface area contributed by atoms with Gasteiger partial charge in [0.2, 0.25) is 0 Å². The highest BCUT2D eigenvalue weighted by Gasteiger charge is 2.03. The highest BCUT2D eigenvalue weighted by atomic mass is 16.5. The van der Waals surface area contributed by atoms with E-state index in [9.17, 15) is 10.1 Å². The second-order valence-corrected chi connectivity index (χ2v) is 4.61. The monoisotopic (exact) mass is 304 g/mol. The first kappa shape index (κ1) is 15.8. The number of allylic oxidation sites excluding steroid dienone is 1. The summed E-state index contributed by atoms with van der Waals surface area (Å²) in [7, 11) is 0. The summed E-state index contributed by atoms with van der Waals surface area (Å²) in [4.78, 5) is 10.4. The number of carboxylic acid groups (broad SMARTS) is 1. The molecule has 0 saturated carbocycles. The van der Waals surface area contributed by atoms with Crippen LogP contribution in [0.1, 0.15) is 16.7 Å². The molecule has 0 unspecified atom stereocenters. The van der Waals surface area contributed by atoms with E-state index in [4.69, 9.17) is 15.1 Å². The van der Waals surface area contributed by atoms with Crippen molar-refractivity contribution >= 4 is 17.6 Å². The van der Waals surface area contributed by atoms with Crippen LogP contribution in [-0.2, 0) is 4.79 Å². The highest BCUT2D eigenvalue weighted by molar-refractivity contribution is 5.89. The Hall–Kier alpha value is -3.57. The molecule has 2 rings (SSSR count). The molecule has 0 aliphatic rings. The fourth-order valence-electron chi connectivity index (χ4n) is 1.88. The molecule has 2 aromatic carbocycles. The lowest BCUT2D eigenvalue weighted by Crippen LogP contribution is -2.09. The van der Waals surface area contributed by atoms with Gasteiger partial charge in [0, 0.05) is 0 Å². The Kier molecular flexibility index (Phi) is 5.12. The van der Waals surface area contributed by atoms with E-state index in [1.165, 1.54) is 0 Å². The summed E-state index contributed by atoms with van der Waals surface area (Å²) < 4.78 is 5.05. The van der Waals surface area contributed by atoms with Gasteiger partial charge in [-0.15, -0.1) is 0 Å². The van der Waals surface area contributed by atoms with Crippen LogP contribution in [0.3, 0.4) is 0 Å². The molecule has 0 aliphatic carbocycles. The summed E-state index contributed by atoms with van der Waals surface area (Å²) >= 11 is 0. The lowest BCUT2D eigenvalue weighted by Gasteiger charge is -2.04. The zero-order valence-electron chi connectivity index (χ0n) is 12.1. The Bertz CT molecular complexity index is 807. The van der Waals surface area contributed by atoms with Crippen molar-refractivity contribution in [1.29, 1.82) is 10.5 Å². The van der Waals surface area contributed by atoms with Crippen molar-refractivity contribution in [1.82, 2.24) is 0 Å². The maximum Gasteiger partial charge on any atom is 0.341 e. The lowest BCUT2D eigenvalue weighted by molar-refractivity contribution is -0.139. The van der Waals surface area contributed by atoms with Gasteiger partial charge < -0.3 is 9.84 Å². The molecule has 112 valence electrons. The van der Waals surface area contributed by atoms with Crippen molar-refractivity contribution in [3.63, 3.8) is 0 Å². The lowest BCUT2D eigenvalue weighted by atomic mass is 10.0. The minimum absolute atomic E-state index is 0.399. The van der Waals surface area contributed by atoms with Crippen LogP contribution in [0.2, 0.25) is 0 Å². The number of benzene rings is 2. The first-order valence-electron chi connectivity index (χ1n) is 6.69. The molecule has 0 saturated heterocycles. The molecule has 0 atom stereocenters. The molecule has 1 N–H and O–H groups in total. The molecule has 0 radical (unpaired) electrons. The number of nitriles is 2. The predicted molar refractivity (Wildman–Crippen MR) is 84.2 cm³/mol. The highest BCUT2D eigenvalue weighted by Crippen LogP contribution is 2.20. The van der Waals surface area contributed by atoms with Crippen LogP contribution in [0.5, 0.6) is 5.75 Å². The summed E-state index contributed by atoms with van der Waals surface area (Å²) in [5, 5.41) is 26.6. The number of carbonyl (C=O) groups is 1. The molecule has 0 amide bonds. The van der Waals surface area contributed by atoms with Crippen molar-refractivity contribution in [3.05, 3.63) is 65.2 Å². The molecule has 0 aromatic heterocycles. The van der Waals surface area contributed by atoms with Crippen LogP contribution < -0.4 is 4.74 Å². The molecule has 0 fully saturated rings. The van der Waals surface area contributed by atoms with Crippen molar-refractivity contribution in [2.24, 2.45) is 0 Å². The van der Waals surface area contributed by atoms with Crippen molar-refractivity contribution in [3.8, 4) is 17.9 Å². The van der Waals surface area contributed by atoms with Gasteiger partial charge in [0.15, 0.2) is 6.61 Å². The first-order valence-corrected chi connectivity index (χ1v) is 6.69. The van der Waals surface area contributed by atoms with Crippen LogP contribution >= 0.6 is 0 Å². The van der Waals surface area contributed by atoms with Crippen LogP contribution in [0, 0.1) is 22.7 Å². The number of carboxylic acids is 1. The van der Waals surface area contributed by atoms with E-state index in [1.54, 1.807) is 54.6 Å². The van der Waals surface area contributed by atoms with Crippen molar-refractivity contribution < 1.29 is 14.6 Å². The Morgan fingerprint density at radius 3 is 2.26 bits per heavy atom. The average molecular weight is 304 g/mol. The van der Waals surface area contributed by atoms with Crippen LogP contribution in [-0.4, -0.2) is 17.7 Å². The van der Waals surface area contributed by atoms with Crippen LogP contribution in [0.4, 0.5) is 0 Å². The van der Waals surface area contributed by atoms with E-state index in [0.717, 1.165) is 11.1 Å². The summed E-state index contributed by atoms with van der Waals surface area (Å²) in [5.74, 6) is -0.594. The Morgan fingerprint density at radius 1 is 1.09 bits per heavy atom. The van der Waals surface area contributed by atoms with Crippen LogP contribution in [0.25, 0.3) is 11.6 Å². The zero-order valence-corrected chi connectivity index (χ0v) is 12.1. The van der Waals surface area contributed by atoms with Crippen molar-refractivity contribution in [2.45, 2.75) is 0 Å². The van der Waals surface area contributed by atoms with E-state index in [1.807, 2.05) is 6.07 Å². The van der Waals surface area contributed by atoms with E-state index in [-0.39, 0.29) is 0 Å². The van der Waals surface area contributed by atoms with Gasteiger partial charge in [-0.2, -0.15) is 10.5 Å². The summed E-state index contributed by atoms with van der Waals surface area (Å²) in [5.41, 5.74) is 2.51. The molecular formula is C18H12N2O3. The van der Waals surface area contributed by atoms with E-state index >= 15 is 0 Å². The minimum atomic E-state index is -1.04. The first-order chi connectivity index (χ1) is 11.1. The number of hydrogen-bond donors (Lipinski definition) is 1. The molecule has 0 bridgehead atoms. The third-order valence-electron chi connectivity index (χ3n) is 3.00. The predicted octanol–water partition coefficient (Wildman–Crippen LogP) is 3.09. The fourth-order valence-corrected chi connectivity index (χ4v) is 1.88. The Morgan fingerprint density at radius 2 is 1.74 bits per heavy atom. The van der Waals surface area contributed by atoms with Gasteiger partial charge in [-0.3, -0.25) is 0 Å². The number of aliphatic carboxylic acids is 1. The van der Waals surface area contributed by atoms with Gasteiger partial charge in [-0.1, -0.05) is 24.3 Å². The van der Waals surface area contributed by atoms with E-state index < -0.39 is 12.6 Å². The topological polar surface area (TPSA) is 94.1 Å². The summed E-state index contributed by atoms with van der Waals surface area (Å²) in [6, 6.07) is 17.7. The van der Waals surface area contributed by atoms with Gasteiger partial charge in [0.1, 0.15) is 5.75 Å². The van der Waals surface area contributed by atoms with Gasteiger partial charge in [-0.25, -0.2) is 4.79 Å². The fraction of sp³-hybridized carbons (Fsp3) is 0.0556. The third-order valence-corrected chi connectivity index (χ3v) is 3.00. The SMILES string of the molecule is N#C/C(=C/c1ccc(OCC(=O)O)cc1)c1ccc(C#N)cc1. The number of rotatable bonds is 5. The largest absolute Gasteiger partial charge is 0.482 e. The smallest absolute Gasteiger partial charge is 0.341 e. The molecule has 0 aliphatic heterocycles. The summed E-state index contributed by atoms with van der Waals surface area (Å²) in [6.45, 7) is -0.399. The molecule has 2 aromatic rings. The molecule has 5 heteroatoms. The van der Waals surface area contributed by atoms with Gasteiger partial charge in [-0.05, 0) is 41.5 Å². The molecule has 5 nitrogen and oxygen atoms in total. The molecule has 0 spiro atoms. The van der Waals surface area contributed by atoms with E-state index in [2.05, 4.69) is 6.07 Å². The Balaban J connectivity index is 2.19. The summed E-state index contributed by atoms with van der Waals surface area (Å²) in [6.07, 6.45) is 1.71. The average Bonchev–Trinajstić information content (AvgIpc) is 2.59. The molecule has 0 heterocycles. The maximum atomic E-state index is 10.4. The number of hydrogen-bond acceptors (Lipinski definition) is 4. The minimum Gasteiger partial charge on any atom is -0.482 e. The quantitative estimate of drug-likeness (QED) is 0.676. The van der Waals surface area contributed by atoms with E-state index in [0.29, 0.717) is 16.9 Å². The Labute approximate surface area is 133 Å². The van der Waals surface area contributed by atoms with Gasteiger partial charge in [0.25, 0.3) is 0 Å². The standard InChI is InChI=1S/C18H12N2O3/c19-10-14-1-5-15(6-2-14)16(11-20)9-13-3-7-17(8-4-13)23-12-18(21)22/h1-9H,12H2,(H,21,22)/b16-9-. The second kappa shape index (κ2) is 7.44. The molecular weight excluding hydrogens is 292 g/mol. The third kappa shape index (κ3) is 4.45. The zero-order chi connectivity index (χ0) is 16.7. The number of ether oxygens (including phenoxy) is 1. The normalized spacial score (nSPS) is 10.4. The second-order valence-electron chi connectivity index (χ2n) is 4.61. The van der Waals surface area contributed by atoms with Gasteiger partial charge >= 0.3 is 5.97 Å². The van der Waals surface area contributed by atoms with Gasteiger partial charge in [0.05, 0.1) is 23.3 Å². The van der Waals surface area contributed by atoms with Crippen molar-refractivity contribution in [2.75, 3.05) is 6.61 Å².